The van der Waals surface area contributed by atoms with Crippen LogP contribution in [0.5, 0.6) is 0 Å². The molecule has 1 aromatic heterocycles. The number of ether oxygens (including phenoxy) is 1. The number of anilines is 1. The van der Waals surface area contributed by atoms with Crippen molar-refractivity contribution in [1.82, 2.24) is 4.90 Å². The van der Waals surface area contributed by atoms with E-state index in [9.17, 15) is 14.4 Å². The first-order valence-electron chi connectivity index (χ1n) is 8.06. The molecule has 2 heterocycles. The molecule has 7 nitrogen and oxygen atoms in total. The van der Waals surface area contributed by atoms with Crippen molar-refractivity contribution in [2.75, 3.05) is 19.0 Å². The van der Waals surface area contributed by atoms with E-state index < -0.39 is 12.0 Å². The van der Waals surface area contributed by atoms with E-state index in [0.29, 0.717) is 35.6 Å². The maximum absolute atomic E-state index is 12.5. The fraction of sp³-hybridized carbons (Fsp3) is 0.278. The molecule has 1 aromatic carbocycles. The first-order chi connectivity index (χ1) is 12.4. The Morgan fingerprint density at radius 3 is 2.54 bits per heavy atom. The predicted molar refractivity (Wildman–Crippen MR) is 98.5 cm³/mol. The van der Waals surface area contributed by atoms with Crippen LogP contribution in [-0.4, -0.2) is 36.5 Å². The van der Waals surface area contributed by atoms with Crippen molar-refractivity contribution in [1.29, 1.82) is 0 Å². The third-order valence-electron chi connectivity index (χ3n) is 4.28. The Hall–Kier alpha value is -2.87. The van der Waals surface area contributed by atoms with E-state index in [4.69, 9.17) is 10.5 Å². The summed E-state index contributed by atoms with van der Waals surface area (Å²) < 4.78 is 4.75. The molecule has 8 heteroatoms. The number of carbonyl (C=O) groups excluding carboxylic acids is 3. The first-order valence-corrected chi connectivity index (χ1v) is 8.87. The molecule has 0 spiro atoms. The van der Waals surface area contributed by atoms with E-state index in [1.807, 2.05) is 19.1 Å². The van der Waals surface area contributed by atoms with Gasteiger partial charge in [0, 0.05) is 17.0 Å². The van der Waals surface area contributed by atoms with Gasteiger partial charge in [0.05, 0.1) is 19.2 Å². The van der Waals surface area contributed by atoms with Crippen LogP contribution < -0.4 is 11.1 Å². The van der Waals surface area contributed by atoms with Crippen molar-refractivity contribution in [2.24, 2.45) is 5.73 Å². The number of methoxy groups -OCH3 is 1. The number of amides is 3. The van der Waals surface area contributed by atoms with Gasteiger partial charge in [-0.25, -0.2) is 4.79 Å². The van der Waals surface area contributed by atoms with Crippen LogP contribution in [0.1, 0.15) is 36.7 Å². The summed E-state index contributed by atoms with van der Waals surface area (Å²) in [5.74, 6) is -0.899. The highest BCUT2D eigenvalue weighted by Gasteiger charge is 2.29. The van der Waals surface area contributed by atoms with Crippen LogP contribution in [0.2, 0.25) is 0 Å². The average Bonchev–Trinajstić information content (AvgIpc) is 2.98. The molecule has 1 aliphatic heterocycles. The van der Waals surface area contributed by atoms with E-state index in [1.165, 1.54) is 18.4 Å². The number of hydrogen-bond donors (Lipinski definition) is 2. The van der Waals surface area contributed by atoms with E-state index in [0.717, 1.165) is 16.0 Å². The molecule has 0 atom stereocenters. The fourth-order valence-electron chi connectivity index (χ4n) is 2.92. The van der Waals surface area contributed by atoms with Crippen molar-refractivity contribution in [3.63, 3.8) is 0 Å². The van der Waals surface area contributed by atoms with E-state index in [2.05, 4.69) is 5.32 Å². The molecular weight excluding hydrogens is 354 g/mol. The van der Waals surface area contributed by atoms with Gasteiger partial charge in [-0.15, -0.1) is 11.3 Å². The quantitative estimate of drug-likeness (QED) is 0.863. The van der Waals surface area contributed by atoms with Gasteiger partial charge in [0.25, 0.3) is 11.8 Å². The molecule has 0 radical (unpaired) electrons. The summed E-state index contributed by atoms with van der Waals surface area (Å²) in [5, 5.41) is 3.20. The number of aryl methyl sites for hydroxylation is 1. The van der Waals surface area contributed by atoms with Gasteiger partial charge >= 0.3 is 6.09 Å². The second-order valence-electron chi connectivity index (χ2n) is 6.03. The minimum atomic E-state index is -0.590. The Labute approximate surface area is 154 Å². The summed E-state index contributed by atoms with van der Waals surface area (Å²) in [7, 11) is 1.33. The second kappa shape index (κ2) is 7.17. The van der Waals surface area contributed by atoms with Gasteiger partial charge in [-0.05, 0) is 31.0 Å². The van der Waals surface area contributed by atoms with Crippen LogP contribution in [0.3, 0.4) is 0 Å². The zero-order valence-corrected chi connectivity index (χ0v) is 15.3. The molecule has 0 saturated carbocycles. The molecule has 0 fully saturated rings. The van der Waals surface area contributed by atoms with Crippen LogP contribution in [0.15, 0.2) is 24.3 Å². The van der Waals surface area contributed by atoms with Gasteiger partial charge < -0.3 is 20.7 Å². The molecule has 0 unspecified atom stereocenters. The normalized spacial score (nSPS) is 13.1. The molecular formula is C18H19N3O4S. The lowest BCUT2D eigenvalue weighted by Crippen LogP contribution is -2.35. The minimum Gasteiger partial charge on any atom is -0.453 e. The van der Waals surface area contributed by atoms with Gasteiger partial charge in [0.2, 0.25) is 0 Å². The Morgan fingerprint density at radius 1 is 1.23 bits per heavy atom. The second-order valence-corrected chi connectivity index (χ2v) is 7.14. The topological polar surface area (TPSA) is 102 Å². The largest absolute Gasteiger partial charge is 0.453 e. The third-order valence-corrected chi connectivity index (χ3v) is 5.41. The Morgan fingerprint density at radius 2 is 1.92 bits per heavy atom. The summed E-state index contributed by atoms with van der Waals surface area (Å²) in [5.41, 5.74) is 8.22. The average molecular weight is 373 g/mol. The number of rotatable bonds is 3. The standard InChI is InChI=1S/C18H19N3O4S/c1-10-3-5-11(6-4-10)16(23)20-17-14(15(19)22)12-7-8-21(18(24)25-2)9-13(12)26-17/h3-6H,7-9H2,1-2H3,(H2,19,22)(H,20,23). The maximum atomic E-state index is 12.5. The molecule has 136 valence electrons. The van der Waals surface area contributed by atoms with Gasteiger partial charge in [0.1, 0.15) is 5.00 Å². The highest BCUT2D eigenvalue weighted by molar-refractivity contribution is 7.17. The lowest BCUT2D eigenvalue weighted by atomic mass is 10.0. The molecule has 3 N–H and O–H groups in total. The van der Waals surface area contributed by atoms with Crippen molar-refractivity contribution in [3.8, 4) is 0 Å². The third kappa shape index (κ3) is 3.41. The predicted octanol–water partition coefficient (Wildman–Crippen LogP) is 2.53. The van der Waals surface area contributed by atoms with Crippen molar-refractivity contribution < 1.29 is 19.1 Å². The van der Waals surface area contributed by atoms with Crippen molar-refractivity contribution in [2.45, 2.75) is 19.9 Å². The molecule has 2 aromatic rings. The molecule has 26 heavy (non-hydrogen) atoms. The Bertz CT molecular complexity index is 873. The smallest absolute Gasteiger partial charge is 0.409 e. The fourth-order valence-corrected chi connectivity index (χ4v) is 4.18. The highest BCUT2D eigenvalue weighted by Crippen LogP contribution is 2.37. The Kier molecular flexibility index (Phi) is 4.94. The lowest BCUT2D eigenvalue weighted by molar-refractivity contribution is 0.0999. The lowest BCUT2D eigenvalue weighted by Gasteiger charge is -2.25. The van der Waals surface area contributed by atoms with Crippen molar-refractivity contribution in [3.05, 3.63) is 51.4 Å². The van der Waals surface area contributed by atoms with Crippen LogP contribution in [0, 0.1) is 6.92 Å². The number of nitrogens with one attached hydrogen (secondary N) is 1. The molecule has 1 aliphatic rings. The number of nitrogens with two attached hydrogens (primary N) is 1. The number of hydrogen-bond acceptors (Lipinski definition) is 5. The monoisotopic (exact) mass is 373 g/mol. The maximum Gasteiger partial charge on any atom is 0.409 e. The van der Waals surface area contributed by atoms with Crippen molar-refractivity contribution >= 4 is 34.2 Å². The first kappa shape index (κ1) is 17.9. The number of primary amides is 1. The zero-order chi connectivity index (χ0) is 18.8. The SMILES string of the molecule is COC(=O)N1CCc2c(sc(NC(=O)c3ccc(C)cc3)c2C(N)=O)C1. The van der Waals surface area contributed by atoms with Gasteiger partial charge in [-0.2, -0.15) is 0 Å². The highest BCUT2D eigenvalue weighted by atomic mass is 32.1. The summed E-state index contributed by atoms with van der Waals surface area (Å²) >= 11 is 1.27. The van der Waals surface area contributed by atoms with Gasteiger partial charge in [-0.3, -0.25) is 9.59 Å². The number of fused-ring (bicyclic) bond motifs is 1. The molecule has 0 saturated heterocycles. The molecule has 0 bridgehead atoms. The van der Waals surface area contributed by atoms with E-state index >= 15 is 0 Å². The van der Waals surface area contributed by atoms with E-state index in [1.54, 1.807) is 17.0 Å². The zero-order valence-electron chi connectivity index (χ0n) is 14.5. The summed E-state index contributed by atoms with van der Waals surface area (Å²) in [6.07, 6.45) is 0.0643. The van der Waals surface area contributed by atoms with Crippen LogP contribution in [-0.2, 0) is 17.7 Å². The number of thiophene rings is 1. The molecule has 3 amide bonds. The number of benzene rings is 1. The molecule has 3 rings (SSSR count). The van der Waals surface area contributed by atoms with Crippen LogP contribution >= 0.6 is 11.3 Å². The molecule has 0 aliphatic carbocycles. The van der Waals surface area contributed by atoms with Gasteiger partial charge in [-0.1, -0.05) is 17.7 Å². The van der Waals surface area contributed by atoms with Crippen LogP contribution in [0.4, 0.5) is 9.80 Å². The Balaban J connectivity index is 1.89. The summed E-state index contributed by atoms with van der Waals surface area (Å²) in [4.78, 5) is 38.6. The van der Waals surface area contributed by atoms with Gasteiger partial charge in [0.15, 0.2) is 0 Å². The summed E-state index contributed by atoms with van der Waals surface area (Å²) in [6, 6.07) is 7.14. The van der Waals surface area contributed by atoms with Crippen LogP contribution in [0.25, 0.3) is 0 Å². The summed E-state index contributed by atoms with van der Waals surface area (Å²) in [6.45, 7) is 2.70. The van der Waals surface area contributed by atoms with E-state index in [-0.39, 0.29) is 5.91 Å². The minimum absolute atomic E-state index is 0.309. The number of carbonyl (C=O) groups is 3. The number of nitrogens with zero attached hydrogens (tertiary/aromatic N) is 1.